The highest BCUT2D eigenvalue weighted by molar-refractivity contribution is 7.99. The van der Waals surface area contributed by atoms with Crippen LogP contribution < -0.4 is 10.5 Å². The SMILES string of the molecule is CCSCC(C)NS(=O)(=O)c1ccc(C)c(N)c1. The van der Waals surface area contributed by atoms with Gasteiger partial charge in [-0.25, -0.2) is 13.1 Å². The van der Waals surface area contributed by atoms with Crippen LogP contribution in [-0.4, -0.2) is 26.0 Å². The van der Waals surface area contributed by atoms with Crippen molar-refractivity contribution in [1.29, 1.82) is 0 Å². The lowest BCUT2D eigenvalue weighted by Crippen LogP contribution is -2.34. The summed E-state index contributed by atoms with van der Waals surface area (Å²) in [5, 5.41) is 0. The first kappa shape index (κ1) is 15.3. The van der Waals surface area contributed by atoms with Gasteiger partial charge in [0.05, 0.1) is 4.90 Å². The third-order valence-corrected chi connectivity index (χ3v) is 5.22. The standard InChI is InChI=1S/C12H20N2O2S2/c1-4-17-8-10(3)14-18(15,16)11-6-5-9(2)12(13)7-11/h5-7,10,14H,4,8,13H2,1-3H3. The van der Waals surface area contributed by atoms with Gasteiger partial charge in [-0.1, -0.05) is 13.0 Å². The van der Waals surface area contributed by atoms with Gasteiger partial charge in [0.1, 0.15) is 0 Å². The number of hydrogen-bond acceptors (Lipinski definition) is 4. The number of nitrogens with two attached hydrogens (primary N) is 1. The van der Waals surface area contributed by atoms with Crippen molar-refractivity contribution in [2.45, 2.75) is 31.7 Å². The van der Waals surface area contributed by atoms with Gasteiger partial charge in [-0.15, -0.1) is 0 Å². The molecule has 0 saturated heterocycles. The van der Waals surface area contributed by atoms with Crippen molar-refractivity contribution in [2.75, 3.05) is 17.2 Å². The molecule has 1 aromatic rings. The minimum Gasteiger partial charge on any atom is -0.398 e. The molecule has 0 saturated carbocycles. The van der Waals surface area contributed by atoms with Crippen molar-refractivity contribution in [2.24, 2.45) is 0 Å². The predicted molar refractivity (Wildman–Crippen MR) is 78.4 cm³/mol. The molecule has 0 spiro atoms. The molecule has 1 rings (SSSR count). The molecule has 0 fully saturated rings. The van der Waals surface area contributed by atoms with Crippen molar-refractivity contribution in [3.05, 3.63) is 23.8 Å². The highest BCUT2D eigenvalue weighted by Gasteiger charge is 2.17. The molecule has 6 heteroatoms. The van der Waals surface area contributed by atoms with Gasteiger partial charge in [-0.05, 0) is 37.3 Å². The normalized spacial score (nSPS) is 13.5. The number of anilines is 1. The summed E-state index contributed by atoms with van der Waals surface area (Å²) in [6.45, 7) is 5.75. The van der Waals surface area contributed by atoms with Crippen LogP contribution in [0.2, 0.25) is 0 Å². The summed E-state index contributed by atoms with van der Waals surface area (Å²) in [7, 11) is -3.47. The van der Waals surface area contributed by atoms with Crippen LogP contribution in [0.1, 0.15) is 19.4 Å². The average Bonchev–Trinajstić information content (AvgIpc) is 2.29. The van der Waals surface area contributed by atoms with E-state index in [0.29, 0.717) is 5.69 Å². The molecule has 0 bridgehead atoms. The highest BCUT2D eigenvalue weighted by atomic mass is 32.2. The van der Waals surface area contributed by atoms with E-state index in [9.17, 15) is 8.42 Å². The van der Waals surface area contributed by atoms with Gasteiger partial charge < -0.3 is 5.73 Å². The van der Waals surface area contributed by atoms with E-state index in [1.165, 1.54) is 6.07 Å². The summed E-state index contributed by atoms with van der Waals surface area (Å²) in [6, 6.07) is 4.70. The van der Waals surface area contributed by atoms with Crippen molar-refractivity contribution in [3.8, 4) is 0 Å². The van der Waals surface area contributed by atoms with Crippen LogP contribution >= 0.6 is 11.8 Å². The first-order chi connectivity index (χ1) is 8.36. The van der Waals surface area contributed by atoms with Crippen LogP contribution in [0.25, 0.3) is 0 Å². The quantitative estimate of drug-likeness (QED) is 0.785. The number of hydrogen-bond donors (Lipinski definition) is 2. The van der Waals surface area contributed by atoms with Gasteiger partial charge in [-0.3, -0.25) is 0 Å². The first-order valence-corrected chi connectivity index (χ1v) is 8.46. The fraction of sp³-hybridized carbons (Fsp3) is 0.500. The molecule has 18 heavy (non-hydrogen) atoms. The molecule has 102 valence electrons. The van der Waals surface area contributed by atoms with Crippen molar-refractivity contribution < 1.29 is 8.42 Å². The average molecular weight is 288 g/mol. The summed E-state index contributed by atoms with van der Waals surface area (Å²) >= 11 is 1.71. The van der Waals surface area contributed by atoms with Gasteiger partial charge in [0.25, 0.3) is 0 Å². The van der Waals surface area contributed by atoms with Crippen LogP contribution in [0.5, 0.6) is 0 Å². The molecule has 3 N–H and O–H groups in total. The van der Waals surface area contributed by atoms with Crippen LogP contribution in [-0.2, 0) is 10.0 Å². The Labute approximate surface area is 113 Å². The summed E-state index contributed by atoms with van der Waals surface area (Å²) in [5.74, 6) is 1.74. The predicted octanol–water partition coefficient (Wildman–Crippen LogP) is 2.00. The molecule has 4 nitrogen and oxygen atoms in total. The topological polar surface area (TPSA) is 72.2 Å². The fourth-order valence-corrected chi connectivity index (χ4v) is 3.50. The molecule has 0 aliphatic carbocycles. The number of benzene rings is 1. The maximum Gasteiger partial charge on any atom is 0.240 e. The Kier molecular flexibility index (Phi) is 5.49. The number of aryl methyl sites for hydroxylation is 1. The minimum atomic E-state index is -3.47. The Balaban J connectivity index is 2.83. The van der Waals surface area contributed by atoms with Gasteiger partial charge >= 0.3 is 0 Å². The largest absolute Gasteiger partial charge is 0.398 e. The van der Waals surface area contributed by atoms with E-state index >= 15 is 0 Å². The number of nitrogens with one attached hydrogen (secondary N) is 1. The fourth-order valence-electron chi connectivity index (χ4n) is 1.45. The van der Waals surface area contributed by atoms with E-state index < -0.39 is 10.0 Å². The lowest BCUT2D eigenvalue weighted by atomic mass is 10.2. The molecule has 0 radical (unpaired) electrons. The lowest BCUT2D eigenvalue weighted by molar-refractivity contribution is 0.571. The number of nitrogen functional groups attached to an aromatic ring is 1. The maximum absolute atomic E-state index is 12.1. The lowest BCUT2D eigenvalue weighted by Gasteiger charge is -2.14. The molecule has 0 amide bonds. The monoisotopic (exact) mass is 288 g/mol. The summed E-state index contributed by atoms with van der Waals surface area (Å²) in [4.78, 5) is 0.221. The van der Waals surface area contributed by atoms with E-state index in [4.69, 9.17) is 5.73 Å². The maximum atomic E-state index is 12.1. The molecule has 1 atom stereocenters. The van der Waals surface area contributed by atoms with Crippen LogP contribution in [0.4, 0.5) is 5.69 Å². The van der Waals surface area contributed by atoms with Gasteiger partial charge in [0, 0.05) is 17.5 Å². The summed E-state index contributed by atoms with van der Waals surface area (Å²) in [6.07, 6.45) is 0. The number of rotatable bonds is 6. The Bertz CT molecular complexity index is 501. The van der Waals surface area contributed by atoms with Crippen LogP contribution in [0.3, 0.4) is 0 Å². The van der Waals surface area contributed by atoms with Gasteiger partial charge in [-0.2, -0.15) is 11.8 Å². The van der Waals surface area contributed by atoms with E-state index in [1.54, 1.807) is 23.9 Å². The second kappa shape index (κ2) is 6.45. The number of thioether (sulfide) groups is 1. The van der Waals surface area contributed by atoms with Crippen LogP contribution in [0.15, 0.2) is 23.1 Å². The van der Waals surface area contributed by atoms with Gasteiger partial charge in [0.2, 0.25) is 10.0 Å². The molecule has 0 aliphatic heterocycles. The Morgan fingerprint density at radius 3 is 2.67 bits per heavy atom. The third-order valence-electron chi connectivity index (χ3n) is 2.49. The Hall–Kier alpha value is -0.720. The molecular formula is C12H20N2O2S2. The third kappa shape index (κ3) is 4.19. The molecule has 0 heterocycles. The van der Waals surface area contributed by atoms with E-state index in [2.05, 4.69) is 4.72 Å². The van der Waals surface area contributed by atoms with E-state index in [0.717, 1.165) is 17.1 Å². The smallest absolute Gasteiger partial charge is 0.240 e. The second-order valence-electron chi connectivity index (χ2n) is 4.20. The summed E-state index contributed by atoms with van der Waals surface area (Å²) in [5.41, 5.74) is 7.10. The minimum absolute atomic E-state index is 0.0949. The van der Waals surface area contributed by atoms with Crippen molar-refractivity contribution in [3.63, 3.8) is 0 Å². The van der Waals surface area contributed by atoms with Crippen LogP contribution in [0, 0.1) is 6.92 Å². The molecule has 0 aliphatic rings. The van der Waals surface area contributed by atoms with Gasteiger partial charge in [0.15, 0.2) is 0 Å². The Morgan fingerprint density at radius 2 is 2.11 bits per heavy atom. The molecule has 1 aromatic carbocycles. The number of sulfonamides is 1. The summed E-state index contributed by atoms with van der Waals surface area (Å²) < 4.78 is 26.8. The first-order valence-electron chi connectivity index (χ1n) is 5.83. The van der Waals surface area contributed by atoms with E-state index in [1.807, 2.05) is 20.8 Å². The van der Waals surface area contributed by atoms with E-state index in [-0.39, 0.29) is 10.9 Å². The zero-order valence-electron chi connectivity index (χ0n) is 10.9. The zero-order valence-corrected chi connectivity index (χ0v) is 12.6. The zero-order chi connectivity index (χ0) is 13.8. The highest BCUT2D eigenvalue weighted by Crippen LogP contribution is 2.17. The molecule has 1 unspecified atom stereocenters. The molecule has 0 aromatic heterocycles. The second-order valence-corrected chi connectivity index (χ2v) is 7.23. The van der Waals surface area contributed by atoms with Crippen molar-refractivity contribution in [1.82, 2.24) is 4.72 Å². The molecular weight excluding hydrogens is 268 g/mol. The Morgan fingerprint density at radius 1 is 1.44 bits per heavy atom. The van der Waals surface area contributed by atoms with Crippen molar-refractivity contribution >= 4 is 27.5 Å².